The van der Waals surface area contributed by atoms with Gasteiger partial charge in [-0.25, -0.2) is 4.39 Å². The lowest BCUT2D eigenvalue weighted by Gasteiger charge is -2.13. The van der Waals surface area contributed by atoms with E-state index in [-0.39, 0.29) is 16.0 Å². The molecule has 0 aromatic heterocycles. The molecule has 0 saturated carbocycles. The van der Waals surface area contributed by atoms with Gasteiger partial charge in [0.2, 0.25) is 10.2 Å². The number of thioether (sulfide) groups is 2. The average Bonchev–Trinajstić information content (AvgIpc) is 2.84. The van der Waals surface area contributed by atoms with Crippen LogP contribution in [0.3, 0.4) is 0 Å². The first-order valence-corrected chi connectivity index (χ1v) is 11.7. The van der Waals surface area contributed by atoms with Gasteiger partial charge in [0, 0.05) is 15.4 Å². The largest absolute Gasteiger partial charge is 0.282 e. The van der Waals surface area contributed by atoms with Crippen LogP contribution in [0, 0.1) is 5.82 Å². The second-order valence-electron chi connectivity index (χ2n) is 7.12. The van der Waals surface area contributed by atoms with E-state index < -0.39 is 0 Å². The third-order valence-corrected chi connectivity index (χ3v) is 6.82. The molecule has 0 radical (unpaired) electrons. The van der Waals surface area contributed by atoms with Crippen molar-refractivity contribution in [3.05, 3.63) is 110 Å². The molecule has 0 bridgehead atoms. The highest BCUT2D eigenvalue weighted by Crippen LogP contribution is 2.38. The van der Waals surface area contributed by atoms with Crippen LogP contribution < -0.4 is 0 Å². The second-order valence-corrected chi connectivity index (χ2v) is 9.28. The molecule has 0 fully saturated rings. The van der Waals surface area contributed by atoms with Crippen LogP contribution in [0.2, 0.25) is 0 Å². The molecule has 0 atom stereocenters. The van der Waals surface area contributed by atoms with E-state index in [2.05, 4.69) is 13.2 Å². The van der Waals surface area contributed by atoms with Crippen LogP contribution in [0.4, 0.5) is 4.39 Å². The van der Waals surface area contributed by atoms with Gasteiger partial charge in [-0.1, -0.05) is 67.8 Å². The Balaban J connectivity index is 1.75. The van der Waals surface area contributed by atoms with Crippen molar-refractivity contribution >= 4 is 44.5 Å². The molecule has 2 nitrogen and oxygen atoms in total. The summed E-state index contributed by atoms with van der Waals surface area (Å²) in [7, 11) is 0. The van der Waals surface area contributed by atoms with Crippen molar-refractivity contribution in [3.63, 3.8) is 0 Å². The SMILES string of the molecule is C=CC(=O)Sc1ccc(-c2ccc(-c3ccc(SC(=O)C=C)cc3F)c3ccccc23)cc1. The van der Waals surface area contributed by atoms with Gasteiger partial charge in [0.05, 0.1) is 0 Å². The molecule has 0 unspecified atom stereocenters. The molecule has 0 saturated heterocycles. The van der Waals surface area contributed by atoms with E-state index in [0.717, 1.165) is 55.9 Å². The van der Waals surface area contributed by atoms with Gasteiger partial charge in [0.15, 0.2) is 0 Å². The van der Waals surface area contributed by atoms with Gasteiger partial charge in [-0.05, 0) is 87.4 Å². The minimum Gasteiger partial charge on any atom is -0.282 e. The maximum Gasteiger partial charge on any atom is 0.216 e. The lowest BCUT2D eigenvalue weighted by atomic mass is 9.92. The number of rotatable bonds is 6. The maximum absolute atomic E-state index is 15.0. The van der Waals surface area contributed by atoms with Crippen LogP contribution in [0.1, 0.15) is 0 Å². The molecule has 0 spiro atoms. The smallest absolute Gasteiger partial charge is 0.216 e. The fourth-order valence-electron chi connectivity index (χ4n) is 3.58. The summed E-state index contributed by atoms with van der Waals surface area (Å²) < 4.78 is 15.0. The Labute approximate surface area is 200 Å². The molecule has 162 valence electrons. The van der Waals surface area contributed by atoms with Crippen molar-refractivity contribution in [2.75, 3.05) is 0 Å². The first kappa shape index (κ1) is 22.8. The number of carbonyl (C=O) groups is 2. The van der Waals surface area contributed by atoms with Crippen molar-refractivity contribution in [2.24, 2.45) is 0 Å². The summed E-state index contributed by atoms with van der Waals surface area (Å²) in [5.41, 5.74) is 3.28. The van der Waals surface area contributed by atoms with Crippen LogP contribution in [-0.2, 0) is 9.59 Å². The van der Waals surface area contributed by atoms with E-state index in [1.165, 1.54) is 18.2 Å². The zero-order valence-corrected chi connectivity index (χ0v) is 19.2. The Kier molecular flexibility index (Phi) is 6.92. The molecule has 0 N–H and O–H groups in total. The van der Waals surface area contributed by atoms with Crippen molar-refractivity contribution in [1.29, 1.82) is 0 Å². The minimum atomic E-state index is -0.386. The number of hydrogen-bond acceptors (Lipinski definition) is 4. The van der Waals surface area contributed by atoms with Crippen LogP contribution in [0.25, 0.3) is 33.0 Å². The molecule has 4 aromatic carbocycles. The third kappa shape index (κ3) is 5.00. The van der Waals surface area contributed by atoms with E-state index in [1.54, 1.807) is 12.1 Å². The summed E-state index contributed by atoms with van der Waals surface area (Å²) in [6.07, 6.45) is 2.51. The van der Waals surface area contributed by atoms with E-state index in [4.69, 9.17) is 0 Å². The molecule has 0 aliphatic rings. The van der Waals surface area contributed by atoms with E-state index >= 15 is 4.39 Å². The lowest BCUT2D eigenvalue weighted by Crippen LogP contribution is -1.91. The van der Waals surface area contributed by atoms with Crippen molar-refractivity contribution < 1.29 is 14.0 Å². The Morgan fingerprint density at radius 3 is 1.79 bits per heavy atom. The summed E-state index contributed by atoms with van der Waals surface area (Å²) in [6.45, 7) is 6.95. The summed E-state index contributed by atoms with van der Waals surface area (Å²) in [6, 6.07) is 24.4. The van der Waals surface area contributed by atoms with Crippen LogP contribution in [-0.4, -0.2) is 10.2 Å². The number of fused-ring (bicyclic) bond motifs is 1. The zero-order valence-electron chi connectivity index (χ0n) is 17.6. The quantitative estimate of drug-likeness (QED) is 0.212. The van der Waals surface area contributed by atoms with Crippen LogP contribution >= 0.6 is 23.5 Å². The first-order valence-electron chi connectivity index (χ1n) is 10.1. The lowest BCUT2D eigenvalue weighted by molar-refractivity contribution is -0.107. The summed E-state index contributed by atoms with van der Waals surface area (Å²) in [5, 5.41) is 1.60. The average molecular weight is 471 g/mol. The molecular formula is C28H19FO2S2. The first-order chi connectivity index (χ1) is 16.0. The molecule has 4 aromatic rings. The highest BCUT2D eigenvalue weighted by molar-refractivity contribution is 8.14. The van der Waals surface area contributed by atoms with Crippen LogP contribution in [0.15, 0.2) is 114 Å². The van der Waals surface area contributed by atoms with E-state index in [9.17, 15) is 9.59 Å². The third-order valence-electron chi connectivity index (χ3n) is 5.09. The molecular weight excluding hydrogens is 451 g/mol. The minimum absolute atomic E-state index is 0.0992. The van der Waals surface area contributed by atoms with Gasteiger partial charge in [-0.2, -0.15) is 0 Å². The standard InChI is InChI=1S/C28H19FO2S2/c1-3-27(30)32-19-11-9-18(10-12-19)21-15-16-24(23-8-6-5-7-22(21)23)25-14-13-20(17-26(25)29)33-28(31)4-2/h3-17H,1-2H2. The van der Waals surface area contributed by atoms with Crippen molar-refractivity contribution in [3.8, 4) is 22.3 Å². The molecule has 0 amide bonds. The van der Waals surface area contributed by atoms with Gasteiger partial charge < -0.3 is 0 Å². The monoisotopic (exact) mass is 470 g/mol. The Hall–Kier alpha value is -3.41. The Morgan fingerprint density at radius 2 is 1.18 bits per heavy atom. The number of carbonyl (C=O) groups excluding carboxylic acids is 2. The molecule has 5 heteroatoms. The van der Waals surface area contributed by atoms with Crippen LogP contribution in [0.5, 0.6) is 0 Å². The van der Waals surface area contributed by atoms with Crippen molar-refractivity contribution in [1.82, 2.24) is 0 Å². The molecule has 33 heavy (non-hydrogen) atoms. The second kappa shape index (κ2) is 10.0. The normalized spacial score (nSPS) is 10.7. The highest BCUT2D eigenvalue weighted by atomic mass is 32.2. The van der Waals surface area contributed by atoms with Gasteiger partial charge in [-0.15, -0.1) is 0 Å². The van der Waals surface area contributed by atoms with Gasteiger partial charge in [0.25, 0.3) is 0 Å². The zero-order chi connectivity index (χ0) is 23.4. The number of halogens is 1. The topological polar surface area (TPSA) is 34.1 Å². The van der Waals surface area contributed by atoms with Gasteiger partial charge >= 0.3 is 0 Å². The molecule has 0 aliphatic heterocycles. The predicted molar refractivity (Wildman–Crippen MR) is 137 cm³/mol. The van der Waals surface area contributed by atoms with Crippen molar-refractivity contribution in [2.45, 2.75) is 9.79 Å². The molecule has 0 heterocycles. The van der Waals surface area contributed by atoms with Gasteiger partial charge in [0.1, 0.15) is 5.82 Å². The van der Waals surface area contributed by atoms with Gasteiger partial charge in [-0.3, -0.25) is 9.59 Å². The fourth-order valence-corrected chi connectivity index (χ4v) is 4.78. The maximum atomic E-state index is 15.0. The highest BCUT2D eigenvalue weighted by Gasteiger charge is 2.14. The number of hydrogen-bond donors (Lipinski definition) is 0. The van der Waals surface area contributed by atoms with E-state index in [1.807, 2.05) is 60.7 Å². The predicted octanol–water partition coefficient (Wildman–Crippen LogP) is 7.92. The molecule has 0 aliphatic carbocycles. The number of benzene rings is 4. The summed E-state index contributed by atoms with van der Waals surface area (Å²) >= 11 is 2.08. The Morgan fingerprint density at radius 1 is 0.667 bits per heavy atom. The fraction of sp³-hybridized carbons (Fsp3) is 0. The summed E-state index contributed by atoms with van der Waals surface area (Å²) in [4.78, 5) is 24.6. The van der Waals surface area contributed by atoms with E-state index in [0.29, 0.717) is 10.5 Å². The molecule has 4 rings (SSSR count). The summed E-state index contributed by atoms with van der Waals surface area (Å²) in [5.74, 6) is -0.386. The Bertz CT molecular complexity index is 1390.